The van der Waals surface area contributed by atoms with Crippen LogP contribution in [0.15, 0.2) is 63.5 Å². The van der Waals surface area contributed by atoms with Crippen molar-refractivity contribution in [1.82, 2.24) is 9.58 Å². The number of guanidine groups is 1. The molecule has 24 heavy (non-hydrogen) atoms. The van der Waals surface area contributed by atoms with Gasteiger partial charge < -0.3 is 10.1 Å². The summed E-state index contributed by atoms with van der Waals surface area (Å²) >= 11 is 1.53. The molecule has 1 aromatic heterocycles. The number of aliphatic imine (C=N–C) groups is 2. The van der Waals surface area contributed by atoms with Gasteiger partial charge in [-0.3, -0.25) is 4.99 Å². The number of rotatable bonds is 4. The Morgan fingerprint density at radius 3 is 2.88 bits per heavy atom. The average Bonchev–Trinajstić information content (AvgIpc) is 3.24. The zero-order valence-corrected chi connectivity index (χ0v) is 13.8. The Balaban J connectivity index is 1.63. The number of anilines is 1. The van der Waals surface area contributed by atoms with E-state index in [1.807, 2.05) is 37.4 Å². The minimum atomic E-state index is 0.160. The molecule has 7 nitrogen and oxygen atoms in total. The molecule has 0 radical (unpaired) electrons. The van der Waals surface area contributed by atoms with Gasteiger partial charge in [0.15, 0.2) is 6.20 Å². The summed E-state index contributed by atoms with van der Waals surface area (Å²) in [6.07, 6.45) is 7.13. The Labute approximate surface area is 142 Å². The van der Waals surface area contributed by atoms with Gasteiger partial charge >= 0.3 is 0 Å². The predicted molar refractivity (Wildman–Crippen MR) is 97.6 cm³/mol. The normalized spacial score (nSPS) is 21.2. The highest BCUT2D eigenvalue weighted by molar-refractivity contribution is 7.13. The molecule has 0 spiro atoms. The zero-order chi connectivity index (χ0) is 16.4. The van der Waals surface area contributed by atoms with Gasteiger partial charge in [-0.25, -0.2) is 4.98 Å². The number of hydrogen-bond acceptors (Lipinski definition) is 7. The maximum atomic E-state index is 5.45. The quantitative estimate of drug-likeness (QED) is 0.870. The lowest BCUT2D eigenvalue weighted by Crippen LogP contribution is -2.43. The fourth-order valence-corrected chi connectivity index (χ4v) is 3.18. The minimum Gasteiger partial charge on any atom is -0.494 e. The van der Waals surface area contributed by atoms with E-state index in [9.17, 15) is 0 Å². The van der Waals surface area contributed by atoms with Crippen molar-refractivity contribution >= 4 is 40.0 Å². The van der Waals surface area contributed by atoms with E-state index >= 15 is 0 Å². The monoisotopic (exact) mass is 339 g/mol. The number of quaternary nitrogens is 1. The molecule has 3 heterocycles. The van der Waals surface area contributed by atoms with Gasteiger partial charge in [0.25, 0.3) is 11.8 Å². The molecule has 8 heteroatoms. The van der Waals surface area contributed by atoms with E-state index in [4.69, 9.17) is 9.84 Å². The Bertz CT molecular complexity index is 853. The standard InChI is InChI=1S/C16H15N6OS/c1-2-23-13-5-3-12(4-6-13)19-16-20-14-9-17-7-8-22(14,21-16)15-10-18-11-24-15/h3-11H,2H2,1H3,(H,19,21)/q+1. The van der Waals surface area contributed by atoms with Crippen LogP contribution in [0.5, 0.6) is 5.75 Å². The van der Waals surface area contributed by atoms with Crippen molar-refractivity contribution in [3.8, 4) is 5.75 Å². The highest BCUT2D eigenvalue weighted by atomic mass is 32.1. The molecule has 2 aliphatic heterocycles. The molecule has 1 atom stereocenters. The van der Waals surface area contributed by atoms with Gasteiger partial charge in [-0.15, -0.1) is 0 Å². The van der Waals surface area contributed by atoms with Crippen LogP contribution in [0, 0.1) is 0 Å². The molecule has 0 saturated carbocycles. The smallest absolute Gasteiger partial charge is 0.287 e. The summed E-state index contributed by atoms with van der Waals surface area (Å²) in [5.41, 5.74) is 2.68. The fourth-order valence-electron chi connectivity index (χ4n) is 2.48. The average molecular weight is 339 g/mol. The second-order valence-corrected chi connectivity index (χ2v) is 5.94. The summed E-state index contributed by atoms with van der Waals surface area (Å²) in [5, 5.41) is 8.93. The van der Waals surface area contributed by atoms with Crippen LogP contribution in [0.25, 0.3) is 0 Å². The molecule has 0 fully saturated rings. The van der Waals surface area contributed by atoms with Gasteiger partial charge in [0, 0.05) is 5.69 Å². The first kappa shape index (κ1) is 14.7. The summed E-state index contributed by atoms with van der Waals surface area (Å²) in [4.78, 5) is 12.9. The second kappa shape index (κ2) is 5.99. The number of thiazole rings is 1. The second-order valence-electron chi connectivity index (χ2n) is 5.08. The summed E-state index contributed by atoms with van der Waals surface area (Å²) in [6, 6.07) is 7.70. The predicted octanol–water partition coefficient (Wildman–Crippen LogP) is 3.20. The third-order valence-corrected chi connectivity index (χ3v) is 4.41. The highest BCUT2D eigenvalue weighted by Gasteiger charge is 2.43. The van der Waals surface area contributed by atoms with Crippen molar-refractivity contribution in [2.75, 3.05) is 11.9 Å². The first-order valence-electron chi connectivity index (χ1n) is 7.48. The van der Waals surface area contributed by atoms with Crippen molar-refractivity contribution in [2.24, 2.45) is 15.1 Å². The lowest BCUT2D eigenvalue weighted by Gasteiger charge is -2.21. The minimum absolute atomic E-state index is 0.160. The SMILES string of the molecule is CCOc1ccc(NC2=N[N+]3(c4cncs4)C=CN=CC3=N2)cc1. The fraction of sp³-hybridized carbons (Fsp3) is 0.125. The van der Waals surface area contributed by atoms with Gasteiger partial charge in [-0.1, -0.05) is 15.9 Å². The molecule has 2 aliphatic rings. The van der Waals surface area contributed by atoms with E-state index in [0.29, 0.717) is 12.6 Å². The third-order valence-electron chi connectivity index (χ3n) is 3.56. The van der Waals surface area contributed by atoms with Gasteiger partial charge in [-0.2, -0.15) is 4.99 Å². The number of nitrogens with zero attached hydrogens (tertiary/aromatic N) is 5. The summed E-state index contributed by atoms with van der Waals surface area (Å²) < 4.78 is 5.61. The van der Waals surface area contributed by atoms with Crippen LogP contribution in [-0.4, -0.2) is 29.6 Å². The Hall–Kier alpha value is -2.84. The number of ether oxygens (including phenoxy) is 1. The van der Waals surface area contributed by atoms with Crippen LogP contribution in [0.4, 0.5) is 10.7 Å². The molecule has 0 amide bonds. The molecule has 0 aliphatic carbocycles. The molecular weight excluding hydrogens is 324 g/mol. The summed E-state index contributed by atoms with van der Waals surface area (Å²) in [7, 11) is 0. The topological polar surface area (TPSA) is 71.2 Å². The maximum absolute atomic E-state index is 5.45. The van der Waals surface area contributed by atoms with Crippen LogP contribution in [0.3, 0.4) is 0 Å². The highest BCUT2D eigenvalue weighted by Crippen LogP contribution is 2.33. The maximum Gasteiger partial charge on any atom is 0.287 e. The Morgan fingerprint density at radius 1 is 1.25 bits per heavy atom. The summed E-state index contributed by atoms with van der Waals surface area (Å²) in [5.74, 6) is 2.10. The summed E-state index contributed by atoms with van der Waals surface area (Å²) in [6.45, 7) is 2.61. The van der Waals surface area contributed by atoms with Crippen LogP contribution in [0.1, 0.15) is 6.92 Å². The largest absolute Gasteiger partial charge is 0.494 e. The molecule has 1 unspecified atom stereocenters. The first-order chi connectivity index (χ1) is 11.8. The number of amidine groups is 1. The van der Waals surface area contributed by atoms with E-state index in [2.05, 4.69) is 20.3 Å². The van der Waals surface area contributed by atoms with Gasteiger partial charge in [-0.05, 0) is 36.3 Å². The van der Waals surface area contributed by atoms with E-state index in [0.717, 1.165) is 22.3 Å². The number of fused-ring (bicyclic) bond motifs is 1. The molecular formula is C16H15N6OS+. The van der Waals surface area contributed by atoms with Crippen molar-refractivity contribution in [3.63, 3.8) is 0 Å². The van der Waals surface area contributed by atoms with Gasteiger partial charge in [0.2, 0.25) is 5.00 Å². The van der Waals surface area contributed by atoms with Gasteiger partial charge in [0.05, 0.1) is 18.3 Å². The van der Waals surface area contributed by atoms with E-state index in [1.165, 1.54) is 11.3 Å². The number of nitrogens with one attached hydrogen (secondary N) is 1. The Kier molecular flexibility index (Phi) is 3.68. The van der Waals surface area contributed by atoms with E-state index in [1.54, 1.807) is 24.1 Å². The molecule has 1 N–H and O–H groups in total. The number of hydrogen-bond donors (Lipinski definition) is 1. The van der Waals surface area contributed by atoms with Crippen LogP contribution in [-0.2, 0) is 0 Å². The molecule has 2 aromatic rings. The van der Waals surface area contributed by atoms with Crippen molar-refractivity contribution in [3.05, 3.63) is 48.4 Å². The van der Waals surface area contributed by atoms with Gasteiger partial charge in [0.1, 0.15) is 18.2 Å². The van der Waals surface area contributed by atoms with Crippen molar-refractivity contribution < 1.29 is 4.74 Å². The molecule has 120 valence electrons. The molecule has 1 aromatic carbocycles. The lowest BCUT2D eigenvalue weighted by atomic mass is 10.3. The molecule has 4 rings (SSSR count). The lowest BCUT2D eigenvalue weighted by molar-refractivity contribution is 0.340. The van der Waals surface area contributed by atoms with Crippen LogP contribution in [0.2, 0.25) is 0 Å². The van der Waals surface area contributed by atoms with Crippen molar-refractivity contribution in [2.45, 2.75) is 6.92 Å². The van der Waals surface area contributed by atoms with E-state index in [-0.39, 0.29) is 4.59 Å². The zero-order valence-electron chi connectivity index (χ0n) is 13.0. The number of benzene rings is 1. The third kappa shape index (κ3) is 2.51. The molecule has 0 saturated heterocycles. The van der Waals surface area contributed by atoms with Crippen LogP contribution < -0.4 is 14.6 Å². The van der Waals surface area contributed by atoms with Crippen molar-refractivity contribution in [1.29, 1.82) is 0 Å². The number of aromatic nitrogens is 1. The van der Waals surface area contributed by atoms with E-state index < -0.39 is 0 Å². The molecule has 0 bridgehead atoms. The van der Waals surface area contributed by atoms with Crippen LogP contribution >= 0.6 is 11.3 Å². The Morgan fingerprint density at radius 2 is 2.12 bits per heavy atom. The first-order valence-corrected chi connectivity index (χ1v) is 8.36.